The maximum absolute atomic E-state index is 14.9. The van der Waals surface area contributed by atoms with Gasteiger partial charge in [0, 0.05) is 16.3 Å². The highest BCUT2D eigenvalue weighted by atomic mass is 19.1. The van der Waals surface area contributed by atoms with Crippen molar-refractivity contribution in [1.82, 2.24) is 14.5 Å². The molecule has 3 aromatic heterocycles. The van der Waals surface area contributed by atoms with Crippen molar-refractivity contribution in [1.29, 1.82) is 5.26 Å². The molecule has 0 saturated carbocycles. The zero-order chi connectivity index (χ0) is 21.7. The number of halogens is 1. The lowest BCUT2D eigenvalue weighted by Gasteiger charge is -2.09. The summed E-state index contributed by atoms with van der Waals surface area (Å²) < 4.78 is 22.7. The summed E-state index contributed by atoms with van der Waals surface area (Å²) in [6.45, 7) is 0. The quantitative estimate of drug-likeness (QED) is 0.344. The number of rotatable bonds is 3. The SMILES string of the molecule is N#CCc1ccc(-n2cnc3cnc4ccc(-c5cc6ccccc6o5)cc4c32)c(F)c1. The van der Waals surface area contributed by atoms with Crippen LogP contribution in [-0.4, -0.2) is 14.5 Å². The van der Waals surface area contributed by atoms with Crippen molar-refractivity contribution < 1.29 is 8.81 Å². The maximum Gasteiger partial charge on any atom is 0.147 e. The first-order valence-electron chi connectivity index (χ1n) is 10.1. The van der Waals surface area contributed by atoms with E-state index < -0.39 is 5.82 Å². The monoisotopic (exact) mass is 418 g/mol. The Labute approximate surface area is 182 Å². The molecule has 3 heterocycles. The summed E-state index contributed by atoms with van der Waals surface area (Å²) in [7, 11) is 0. The van der Waals surface area contributed by atoms with Crippen LogP contribution in [0.1, 0.15) is 5.56 Å². The molecule has 0 unspecified atom stereocenters. The van der Waals surface area contributed by atoms with Gasteiger partial charge in [-0.2, -0.15) is 5.26 Å². The van der Waals surface area contributed by atoms with E-state index in [1.54, 1.807) is 29.2 Å². The van der Waals surface area contributed by atoms with Crippen LogP contribution in [0, 0.1) is 17.1 Å². The second kappa shape index (κ2) is 7.03. The molecule has 0 N–H and O–H groups in total. The van der Waals surface area contributed by atoms with E-state index >= 15 is 0 Å². The van der Waals surface area contributed by atoms with Crippen molar-refractivity contribution in [3.8, 4) is 23.1 Å². The van der Waals surface area contributed by atoms with E-state index in [4.69, 9.17) is 9.68 Å². The molecule has 6 aromatic rings. The van der Waals surface area contributed by atoms with Crippen LogP contribution < -0.4 is 0 Å². The number of aromatic nitrogens is 3. The van der Waals surface area contributed by atoms with Crippen LogP contribution in [0.4, 0.5) is 4.39 Å². The molecule has 0 spiro atoms. The lowest BCUT2D eigenvalue weighted by Crippen LogP contribution is -1.98. The van der Waals surface area contributed by atoms with Gasteiger partial charge in [-0.3, -0.25) is 9.55 Å². The van der Waals surface area contributed by atoms with Crippen molar-refractivity contribution in [3.05, 3.63) is 90.6 Å². The van der Waals surface area contributed by atoms with Gasteiger partial charge in [0.1, 0.15) is 29.0 Å². The van der Waals surface area contributed by atoms with Gasteiger partial charge in [0.15, 0.2) is 0 Å². The van der Waals surface area contributed by atoms with Crippen LogP contribution in [0.2, 0.25) is 0 Å². The Morgan fingerprint density at radius 1 is 0.969 bits per heavy atom. The van der Waals surface area contributed by atoms with E-state index in [9.17, 15) is 4.39 Å². The van der Waals surface area contributed by atoms with Gasteiger partial charge in [-0.1, -0.05) is 24.3 Å². The molecule has 6 rings (SSSR count). The van der Waals surface area contributed by atoms with Crippen molar-refractivity contribution in [2.75, 3.05) is 0 Å². The van der Waals surface area contributed by atoms with Crippen molar-refractivity contribution >= 4 is 32.9 Å². The Bertz CT molecular complexity index is 1660. The van der Waals surface area contributed by atoms with Crippen LogP contribution in [0.3, 0.4) is 0 Å². The van der Waals surface area contributed by atoms with E-state index in [1.807, 2.05) is 54.6 Å². The number of imidazole rings is 1. The number of hydrogen-bond donors (Lipinski definition) is 0. The van der Waals surface area contributed by atoms with Gasteiger partial charge in [0.2, 0.25) is 0 Å². The molecule has 0 amide bonds. The number of hydrogen-bond acceptors (Lipinski definition) is 4. The minimum Gasteiger partial charge on any atom is -0.456 e. The van der Waals surface area contributed by atoms with E-state index in [1.165, 1.54) is 6.07 Å². The highest BCUT2D eigenvalue weighted by Crippen LogP contribution is 2.33. The zero-order valence-corrected chi connectivity index (χ0v) is 16.8. The van der Waals surface area contributed by atoms with E-state index in [0.717, 1.165) is 38.7 Å². The van der Waals surface area contributed by atoms with Crippen LogP contribution in [0.15, 0.2) is 83.7 Å². The molecular weight excluding hydrogens is 403 g/mol. The number of furan rings is 1. The first-order valence-corrected chi connectivity index (χ1v) is 10.1. The summed E-state index contributed by atoms with van der Waals surface area (Å²) in [5.74, 6) is 0.346. The van der Waals surface area contributed by atoms with Gasteiger partial charge < -0.3 is 4.42 Å². The Kier molecular flexibility index (Phi) is 4.02. The smallest absolute Gasteiger partial charge is 0.147 e. The van der Waals surface area contributed by atoms with Crippen molar-refractivity contribution in [2.45, 2.75) is 6.42 Å². The van der Waals surface area contributed by atoms with Crippen LogP contribution in [0.25, 0.3) is 49.9 Å². The number of nitrogens with zero attached hydrogens (tertiary/aromatic N) is 4. The molecule has 152 valence electrons. The third-order valence-corrected chi connectivity index (χ3v) is 5.64. The van der Waals surface area contributed by atoms with E-state index in [-0.39, 0.29) is 6.42 Å². The van der Waals surface area contributed by atoms with E-state index in [0.29, 0.717) is 16.8 Å². The predicted molar refractivity (Wildman–Crippen MR) is 121 cm³/mol. The maximum atomic E-state index is 14.9. The fraction of sp³-hybridized carbons (Fsp3) is 0.0385. The lowest BCUT2D eigenvalue weighted by molar-refractivity contribution is 0.618. The average Bonchev–Trinajstić information content (AvgIpc) is 3.44. The third kappa shape index (κ3) is 2.83. The second-order valence-electron chi connectivity index (χ2n) is 7.61. The molecule has 0 atom stereocenters. The molecule has 6 heteroatoms. The summed E-state index contributed by atoms with van der Waals surface area (Å²) in [6.07, 6.45) is 3.45. The normalized spacial score (nSPS) is 11.4. The van der Waals surface area contributed by atoms with Gasteiger partial charge in [-0.05, 0) is 48.0 Å². The standard InChI is InChI=1S/C26H15FN4O/c27-20-11-16(9-10-28)5-8-23(20)31-15-30-22-14-29-21-7-6-18(12-19(21)26(22)31)25-13-17-3-1-2-4-24(17)32-25/h1-8,11-15H,9H2. The van der Waals surface area contributed by atoms with Gasteiger partial charge in [-0.15, -0.1) is 0 Å². The number of nitriles is 1. The highest BCUT2D eigenvalue weighted by molar-refractivity contribution is 6.04. The molecule has 0 aliphatic rings. The van der Waals surface area contributed by atoms with Crippen LogP contribution >= 0.6 is 0 Å². The third-order valence-electron chi connectivity index (χ3n) is 5.64. The molecule has 0 fully saturated rings. The summed E-state index contributed by atoms with van der Waals surface area (Å²) in [6, 6.07) is 22.7. The zero-order valence-electron chi connectivity index (χ0n) is 16.8. The Morgan fingerprint density at radius 2 is 1.88 bits per heavy atom. The van der Waals surface area contributed by atoms with Crippen molar-refractivity contribution in [2.24, 2.45) is 0 Å². The lowest BCUT2D eigenvalue weighted by atomic mass is 10.1. The molecule has 5 nitrogen and oxygen atoms in total. The molecule has 3 aromatic carbocycles. The Hall–Kier alpha value is -4.50. The van der Waals surface area contributed by atoms with Crippen molar-refractivity contribution in [3.63, 3.8) is 0 Å². The fourth-order valence-electron chi connectivity index (χ4n) is 4.10. The molecule has 0 aliphatic carbocycles. The van der Waals surface area contributed by atoms with Gasteiger partial charge in [0.25, 0.3) is 0 Å². The first kappa shape index (κ1) is 18.3. The number of para-hydroxylation sites is 1. The first-order chi connectivity index (χ1) is 15.7. The van der Waals surface area contributed by atoms with E-state index in [2.05, 4.69) is 9.97 Å². The molecular formula is C26H15FN4O. The molecule has 0 bridgehead atoms. The summed E-state index contributed by atoms with van der Waals surface area (Å²) in [5, 5.41) is 10.8. The summed E-state index contributed by atoms with van der Waals surface area (Å²) in [5.41, 5.74) is 4.94. The van der Waals surface area contributed by atoms with Gasteiger partial charge in [0.05, 0.1) is 35.4 Å². The number of fused-ring (bicyclic) bond motifs is 4. The highest BCUT2D eigenvalue weighted by Gasteiger charge is 2.15. The molecule has 0 aliphatic heterocycles. The summed E-state index contributed by atoms with van der Waals surface area (Å²) in [4.78, 5) is 8.96. The Balaban J connectivity index is 1.57. The Morgan fingerprint density at radius 3 is 2.72 bits per heavy atom. The van der Waals surface area contributed by atoms with Gasteiger partial charge >= 0.3 is 0 Å². The summed E-state index contributed by atoms with van der Waals surface area (Å²) >= 11 is 0. The average molecular weight is 418 g/mol. The minimum absolute atomic E-state index is 0.162. The minimum atomic E-state index is -0.407. The molecule has 0 saturated heterocycles. The number of pyridine rings is 1. The predicted octanol–water partition coefficient (Wildman–Crippen LogP) is 6.19. The topological polar surface area (TPSA) is 67.6 Å². The molecule has 32 heavy (non-hydrogen) atoms. The van der Waals surface area contributed by atoms with Crippen LogP contribution in [-0.2, 0) is 6.42 Å². The number of benzene rings is 3. The van der Waals surface area contributed by atoms with Crippen LogP contribution in [0.5, 0.6) is 0 Å². The fourth-order valence-corrected chi connectivity index (χ4v) is 4.10. The van der Waals surface area contributed by atoms with Gasteiger partial charge in [-0.25, -0.2) is 9.37 Å². The largest absolute Gasteiger partial charge is 0.456 e. The second-order valence-corrected chi connectivity index (χ2v) is 7.61. The molecule has 0 radical (unpaired) electrons.